The molecule has 0 radical (unpaired) electrons. The van der Waals surface area contributed by atoms with E-state index in [9.17, 15) is 39.3 Å². The smallest absolute Gasteiger partial charge is 0.396 e. The number of halogens is 6. The zero-order chi connectivity index (χ0) is 30.1. The van der Waals surface area contributed by atoms with Crippen LogP contribution >= 0.6 is 0 Å². The number of alkyl halides is 6. The predicted molar refractivity (Wildman–Crippen MR) is 135 cm³/mol. The lowest BCUT2D eigenvalue weighted by Crippen LogP contribution is -2.47. The highest BCUT2D eigenvalue weighted by atomic mass is 32.2. The summed E-state index contributed by atoms with van der Waals surface area (Å²) in [6.45, 7) is -0.959. The minimum absolute atomic E-state index is 0.0566. The van der Waals surface area contributed by atoms with Crippen molar-refractivity contribution in [1.29, 1.82) is 0 Å². The second-order valence-electron chi connectivity index (χ2n) is 9.27. The van der Waals surface area contributed by atoms with Crippen LogP contribution in [0.1, 0.15) is 18.9 Å². The molecule has 0 aliphatic carbocycles. The standard InChI is InChI=1S/C27H24F6O6S2/c1-24(38-17-25(28,29)18-39-24)19-7-11-22(12-8-19)40(21-5-3-2-4-6-21)23-13-9-20(10-14-23)37-16-15-26(30,31)27(32,33)41(34,35)36/h2-14H,15-18H2,1H3. The van der Waals surface area contributed by atoms with Crippen LogP contribution in [-0.4, -0.2) is 49.9 Å². The average molecular weight is 623 g/mol. The normalized spacial score (nSPS) is 18.0. The van der Waals surface area contributed by atoms with Gasteiger partial charge < -0.3 is 18.8 Å². The van der Waals surface area contributed by atoms with E-state index in [4.69, 9.17) is 14.2 Å². The summed E-state index contributed by atoms with van der Waals surface area (Å²) in [5.74, 6) is -9.48. The summed E-state index contributed by atoms with van der Waals surface area (Å²) >= 11 is 0. The molecule has 0 aromatic heterocycles. The number of hydrogen-bond acceptors (Lipinski definition) is 6. The molecular formula is C27H24F6O6S2. The van der Waals surface area contributed by atoms with Crippen LogP contribution in [0.3, 0.4) is 0 Å². The molecule has 4 rings (SSSR count). The maximum absolute atomic E-state index is 13.7. The summed E-state index contributed by atoms with van der Waals surface area (Å²) in [6.07, 6.45) is -1.70. The van der Waals surface area contributed by atoms with Gasteiger partial charge in [-0.25, -0.2) is 17.2 Å². The second kappa shape index (κ2) is 11.5. The van der Waals surface area contributed by atoms with E-state index in [2.05, 4.69) is 0 Å². The molecule has 41 heavy (non-hydrogen) atoms. The molecule has 0 N–H and O–H groups in total. The predicted octanol–water partition coefficient (Wildman–Crippen LogP) is 6.18. The lowest BCUT2D eigenvalue weighted by Gasteiger charge is -2.37. The molecule has 1 fully saturated rings. The second-order valence-corrected chi connectivity index (χ2v) is 12.7. The van der Waals surface area contributed by atoms with Crippen LogP contribution in [0.4, 0.5) is 26.3 Å². The van der Waals surface area contributed by atoms with Crippen LogP contribution in [-0.2, 0) is 36.3 Å². The maximum atomic E-state index is 13.7. The first-order valence-corrected chi connectivity index (χ1v) is 14.7. The van der Waals surface area contributed by atoms with Gasteiger partial charge in [0.1, 0.15) is 19.0 Å². The van der Waals surface area contributed by atoms with Crippen molar-refractivity contribution in [2.24, 2.45) is 0 Å². The van der Waals surface area contributed by atoms with Gasteiger partial charge in [-0.05, 0) is 67.6 Å². The minimum Gasteiger partial charge on any atom is -0.743 e. The summed E-state index contributed by atoms with van der Waals surface area (Å²) in [5, 5.41) is -5.77. The van der Waals surface area contributed by atoms with Gasteiger partial charge in [-0.1, -0.05) is 18.2 Å². The monoisotopic (exact) mass is 622 g/mol. The number of benzene rings is 3. The van der Waals surface area contributed by atoms with E-state index in [1.165, 1.54) is 12.1 Å². The zero-order valence-corrected chi connectivity index (χ0v) is 23.0. The van der Waals surface area contributed by atoms with Gasteiger partial charge in [0.05, 0.1) is 23.9 Å². The van der Waals surface area contributed by atoms with Crippen LogP contribution < -0.4 is 4.74 Å². The molecule has 222 valence electrons. The Morgan fingerprint density at radius 1 is 0.854 bits per heavy atom. The van der Waals surface area contributed by atoms with Gasteiger partial charge in [0, 0.05) is 5.56 Å². The van der Waals surface area contributed by atoms with Gasteiger partial charge in [0.15, 0.2) is 30.6 Å². The van der Waals surface area contributed by atoms with Crippen molar-refractivity contribution in [3.05, 3.63) is 84.4 Å². The molecule has 0 bridgehead atoms. The highest BCUT2D eigenvalue weighted by molar-refractivity contribution is 7.97. The number of hydrogen-bond donors (Lipinski definition) is 0. The van der Waals surface area contributed by atoms with E-state index in [-0.39, 0.29) is 5.75 Å². The molecule has 1 atom stereocenters. The van der Waals surface area contributed by atoms with Crippen molar-refractivity contribution < 1.29 is 53.5 Å². The van der Waals surface area contributed by atoms with Crippen LogP contribution in [0, 0.1) is 0 Å². The van der Waals surface area contributed by atoms with Crippen molar-refractivity contribution in [2.45, 2.75) is 50.9 Å². The third kappa shape index (κ3) is 6.83. The summed E-state index contributed by atoms with van der Waals surface area (Å²) < 4.78 is 128. The topological polar surface area (TPSA) is 84.9 Å². The summed E-state index contributed by atoms with van der Waals surface area (Å²) in [7, 11) is -7.25. The van der Waals surface area contributed by atoms with E-state index in [0.717, 1.165) is 14.7 Å². The minimum atomic E-state index is -6.57. The van der Waals surface area contributed by atoms with E-state index in [1.807, 2.05) is 42.5 Å². The van der Waals surface area contributed by atoms with Gasteiger partial charge in [-0.15, -0.1) is 0 Å². The molecule has 14 heteroatoms. The molecule has 6 nitrogen and oxygen atoms in total. The highest BCUT2D eigenvalue weighted by Gasteiger charge is 2.61. The molecule has 1 unspecified atom stereocenters. The van der Waals surface area contributed by atoms with E-state index >= 15 is 0 Å². The Labute approximate surface area is 235 Å². The summed E-state index contributed by atoms with van der Waals surface area (Å²) in [6, 6.07) is 22.6. The fourth-order valence-electron chi connectivity index (χ4n) is 3.89. The Hall–Kier alpha value is -2.78. The van der Waals surface area contributed by atoms with E-state index in [0.29, 0.717) is 5.56 Å². The maximum Gasteiger partial charge on any atom is 0.396 e. The van der Waals surface area contributed by atoms with Gasteiger partial charge in [0.2, 0.25) is 0 Å². The highest BCUT2D eigenvalue weighted by Crippen LogP contribution is 2.41. The molecule has 3 aromatic rings. The van der Waals surface area contributed by atoms with Crippen molar-refractivity contribution >= 4 is 21.0 Å². The average Bonchev–Trinajstić information content (AvgIpc) is 2.92. The lowest BCUT2D eigenvalue weighted by atomic mass is 10.1. The van der Waals surface area contributed by atoms with Crippen LogP contribution in [0.2, 0.25) is 0 Å². The molecule has 1 heterocycles. The number of ether oxygens (including phenoxy) is 3. The fraction of sp³-hybridized carbons (Fsp3) is 0.333. The van der Waals surface area contributed by atoms with Gasteiger partial charge in [0.25, 0.3) is 5.92 Å². The lowest BCUT2D eigenvalue weighted by molar-refractivity contribution is -0.328. The zero-order valence-electron chi connectivity index (χ0n) is 21.4. The Morgan fingerprint density at radius 3 is 1.85 bits per heavy atom. The summed E-state index contributed by atoms with van der Waals surface area (Å²) in [4.78, 5) is 2.55. The first kappa shape index (κ1) is 31.2. The molecule has 1 aliphatic rings. The van der Waals surface area contributed by atoms with Crippen molar-refractivity contribution in [2.75, 3.05) is 19.8 Å². The Morgan fingerprint density at radius 2 is 1.34 bits per heavy atom. The fourth-order valence-corrected chi connectivity index (χ4v) is 6.42. The Kier molecular flexibility index (Phi) is 8.72. The molecule has 0 saturated carbocycles. The quantitative estimate of drug-likeness (QED) is 0.153. The van der Waals surface area contributed by atoms with Crippen molar-refractivity contribution in [3.8, 4) is 5.75 Å². The first-order valence-electron chi connectivity index (χ1n) is 12.0. The molecule has 3 aromatic carbocycles. The van der Waals surface area contributed by atoms with Crippen molar-refractivity contribution in [1.82, 2.24) is 0 Å². The SMILES string of the molecule is CC1(c2ccc([S+](c3ccccc3)c3ccc(OCCC(F)(F)C(F)(F)S(=O)(=O)[O-])cc3)cc2)OCC(F)(F)CO1. The van der Waals surface area contributed by atoms with Gasteiger partial charge in [-0.2, -0.15) is 17.6 Å². The molecule has 1 aliphatic heterocycles. The third-order valence-electron chi connectivity index (χ3n) is 6.19. The van der Waals surface area contributed by atoms with Gasteiger partial charge in [-0.3, -0.25) is 0 Å². The Balaban J connectivity index is 1.51. The van der Waals surface area contributed by atoms with Crippen molar-refractivity contribution in [3.63, 3.8) is 0 Å². The molecule has 0 spiro atoms. The van der Waals surface area contributed by atoms with Gasteiger partial charge >= 0.3 is 11.2 Å². The largest absolute Gasteiger partial charge is 0.743 e. The molecule has 1 saturated heterocycles. The molecular weight excluding hydrogens is 598 g/mol. The first-order chi connectivity index (χ1) is 19.0. The van der Waals surface area contributed by atoms with Crippen LogP contribution in [0.25, 0.3) is 0 Å². The molecule has 0 amide bonds. The third-order valence-corrected chi connectivity index (χ3v) is 9.35. The Bertz CT molecular complexity index is 1430. The van der Waals surface area contributed by atoms with Crippen LogP contribution in [0.15, 0.2) is 93.5 Å². The van der Waals surface area contributed by atoms with E-state index < -0.39 is 70.1 Å². The van der Waals surface area contributed by atoms with Crippen LogP contribution in [0.5, 0.6) is 5.75 Å². The summed E-state index contributed by atoms with van der Waals surface area (Å²) in [5.41, 5.74) is 0.546. The number of rotatable bonds is 10. The van der Waals surface area contributed by atoms with E-state index in [1.54, 1.807) is 31.2 Å².